The first-order chi connectivity index (χ1) is 12.8. The zero-order valence-electron chi connectivity index (χ0n) is 14.2. The lowest BCUT2D eigenvalue weighted by Crippen LogP contribution is -2.31. The average molecular weight is 407 g/mol. The number of primary amides is 1. The van der Waals surface area contributed by atoms with E-state index in [1.807, 2.05) is 0 Å². The zero-order valence-corrected chi connectivity index (χ0v) is 15.7. The van der Waals surface area contributed by atoms with Gasteiger partial charge in [-0.2, -0.15) is 0 Å². The molecule has 1 aliphatic rings. The fraction of sp³-hybridized carbons (Fsp3) is 0.167. The molecule has 1 aromatic heterocycles. The topological polar surface area (TPSA) is 108 Å². The van der Waals surface area contributed by atoms with Crippen LogP contribution in [0.3, 0.4) is 0 Å². The largest absolute Gasteiger partial charge is 0.488 e. The van der Waals surface area contributed by atoms with Crippen molar-refractivity contribution in [3.05, 3.63) is 51.4 Å². The number of benzene rings is 1. The van der Waals surface area contributed by atoms with Gasteiger partial charge in [0, 0.05) is 10.6 Å². The molecule has 0 spiro atoms. The van der Waals surface area contributed by atoms with Crippen LogP contribution in [0.2, 0.25) is 5.02 Å². The Morgan fingerprint density at radius 3 is 2.85 bits per heavy atom. The lowest BCUT2D eigenvalue weighted by atomic mass is 10.1. The van der Waals surface area contributed by atoms with E-state index in [1.54, 1.807) is 29.7 Å². The van der Waals surface area contributed by atoms with Crippen molar-refractivity contribution in [1.29, 1.82) is 0 Å². The monoisotopic (exact) mass is 406 g/mol. The fourth-order valence-electron chi connectivity index (χ4n) is 2.37. The fourth-order valence-corrected chi connectivity index (χ4v) is 3.35. The number of anilines is 1. The van der Waals surface area contributed by atoms with Gasteiger partial charge in [-0.15, -0.1) is 11.3 Å². The van der Waals surface area contributed by atoms with E-state index in [-0.39, 0.29) is 17.7 Å². The van der Waals surface area contributed by atoms with Gasteiger partial charge in [0.15, 0.2) is 6.10 Å². The molecule has 1 unspecified atom stereocenters. The number of carbonyl (C=O) groups is 3. The Bertz CT molecular complexity index is 953. The number of carbonyl (C=O) groups excluding carboxylic acids is 3. The highest BCUT2D eigenvalue weighted by Crippen LogP contribution is 2.29. The SMILES string of the molecule is CC(OC(=O)C1=Cc2cc(Cl)ccc2OC1)C(=O)Nc1sccc1C(N)=O. The summed E-state index contributed by atoms with van der Waals surface area (Å²) in [6.07, 6.45) is 0.532. The van der Waals surface area contributed by atoms with E-state index in [0.717, 1.165) is 11.3 Å². The van der Waals surface area contributed by atoms with Gasteiger partial charge >= 0.3 is 5.97 Å². The second kappa shape index (κ2) is 7.81. The van der Waals surface area contributed by atoms with E-state index >= 15 is 0 Å². The lowest BCUT2D eigenvalue weighted by Gasteiger charge is -2.19. The highest BCUT2D eigenvalue weighted by molar-refractivity contribution is 7.14. The zero-order chi connectivity index (χ0) is 19.6. The molecule has 0 aliphatic carbocycles. The van der Waals surface area contributed by atoms with Crippen molar-refractivity contribution in [3.8, 4) is 5.75 Å². The number of nitrogens with two attached hydrogens (primary N) is 1. The van der Waals surface area contributed by atoms with Crippen molar-refractivity contribution >= 4 is 51.8 Å². The molecule has 0 saturated heterocycles. The van der Waals surface area contributed by atoms with Gasteiger partial charge in [0.05, 0.1) is 11.1 Å². The summed E-state index contributed by atoms with van der Waals surface area (Å²) in [5.74, 6) is -1.30. The second-order valence-corrected chi connectivity index (χ2v) is 7.06. The average Bonchev–Trinajstić information content (AvgIpc) is 3.09. The Hall–Kier alpha value is -2.84. The first-order valence-corrected chi connectivity index (χ1v) is 9.13. The predicted octanol–water partition coefficient (Wildman–Crippen LogP) is 2.85. The summed E-state index contributed by atoms with van der Waals surface area (Å²) >= 11 is 7.09. The summed E-state index contributed by atoms with van der Waals surface area (Å²) in [6, 6.07) is 6.58. The van der Waals surface area contributed by atoms with Crippen molar-refractivity contribution in [2.24, 2.45) is 5.73 Å². The van der Waals surface area contributed by atoms with Crippen molar-refractivity contribution in [2.45, 2.75) is 13.0 Å². The first-order valence-electron chi connectivity index (χ1n) is 7.87. The van der Waals surface area contributed by atoms with Gasteiger partial charge in [0.2, 0.25) is 0 Å². The van der Waals surface area contributed by atoms with Crippen LogP contribution in [-0.2, 0) is 14.3 Å². The number of halogens is 1. The number of hydrogen-bond acceptors (Lipinski definition) is 6. The van der Waals surface area contributed by atoms with Crippen molar-refractivity contribution < 1.29 is 23.9 Å². The van der Waals surface area contributed by atoms with Crippen LogP contribution in [0.1, 0.15) is 22.8 Å². The van der Waals surface area contributed by atoms with E-state index in [4.69, 9.17) is 26.8 Å². The Balaban J connectivity index is 1.66. The maximum atomic E-state index is 12.3. The highest BCUT2D eigenvalue weighted by atomic mass is 35.5. The number of ether oxygens (including phenoxy) is 2. The van der Waals surface area contributed by atoms with Crippen LogP contribution in [0.25, 0.3) is 6.08 Å². The summed E-state index contributed by atoms with van der Waals surface area (Å²) in [4.78, 5) is 35.9. The molecule has 140 valence electrons. The summed E-state index contributed by atoms with van der Waals surface area (Å²) in [5.41, 5.74) is 6.35. The first kappa shape index (κ1) is 18.9. The predicted molar refractivity (Wildman–Crippen MR) is 102 cm³/mol. The molecule has 1 aliphatic heterocycles. The molecule has 3 N–H and O–H groups in total. The van der Waals surface area contributed by atoms with Crippen LogP contribution in [0.4, 0.5) is 5.00 Å². The minimum absolute atomic E-state index is 0.0263. The van der Waals surface area contributed by atoms with Crippen LogP contribution >= 0.6 is 22.9 Å². The van der Waals surface area contributed by atoms with E-state index < -0.39 is 23.9 Å². The van der Waals surface area contributed by atoms with Gasteiger partial charge in [-0.05, 0) is 42.6 Å². The maximum absolute atomic E-state index is 12.3. The third-order valence-corrected chi connectivity index (χ3v) is 4.83. The number of hydrogen-bond donors (Lipinski definition) is 2. The van der Waals surface area contributed by atoms with Gasteiger partial charge in [0.25, 0.3) is 11.8 Å². The molecule has 0 bridgehead atoms. The molecule has 0 saturated carbocycles. The minimum Gasteiger partial charge on any atom is -0.488 e. The Morgan fingerprint density at radius 1 is 1.33 bits per heavy atom. The lowest BCUT2D eigenvalue weighted by molar-refractivity contribution is -0.149. The third kappa shape index (κ3) is 4.29. The van der Waals surface area contributed by atoms with Crippen LogP contribution in [0.5, 0.6) is 5.75 Å². The Kier molecular flexibility index (Phi) is 5.48. The van der Waals surface area contributed by atoms with Gasteiger partial charge in [0.1, 0.15) is 17.4 Å². The molecular formula is C18H15ClN2O5S. The number of amides is 2. The van der Waals surface area contributed by atoms with Gasteiger partial charge in [-0.25, -0.2) is 4.79 Å². The second-order valence-electron chi connectivity index (χ2n) is 5.70. The molecule has 3 rings (SSSR count). The number of nitrogens with one attached hydrogen (secondary N) is 1. The molecule has 2 aromatic rings. The van der Waals surface area contributed by atoms with E-state index in [1.165, 1.54) is 13.0 Å². The summed E-state index contributed by atoms with van der Waals surface area (Å²) in [5, 5.41) is 4.98. The smallest absolute Gasteiger partial charge is 0.338 e. The molecule has 2 amide bonds. The number of thiophene rings is 1. The molecule has 0 fully saturated rings. The molecule has 2 heterocycles. The Labute approximate surface area is 163 Å². The molecule has 9 heteroatoms. The Morgan fingerprint density at radius 2 is 2.11 bits per heavy atom. The summed E-state index contributed by atoms with van der Waals surface area (Å²) < 4.78 is 10.7. The van der Waals surface area contributed by atoms with Crippen molar-refractivity contribution in [3.63, 3.8) is 0 Å². The van der Waals surface area contributed by atoms with Gasteiger partial charge < -0.3 is 20.5 Å². The van der Waals surface area contributed by atoms with Crippen LogP contribution < -0.4 is 15.8 Å². The highest BCUT2D eigenvalue weighted by Gasteiger charge is 2.24. The molecular weight excluding hydrogens is 392 g/mol. The molecule has 0 radical (unpaired) electrons. The van der Waals surface area contributed by atoms with E-state index in [2.05, 4.69) is 5.32 Å². The number of esters is 1. The maximum Gasteiger partial charge on any atom is 0.338 e. The quantitative estimate of drug-likeness (QED) is 0.742. The number of fused-ring (bicyclic) bond motifs is 1. The van der Waals surface area contributed by atoms with Crippen LogP contribution in [-0.4, -0.2) is 30.5 Å². The molecule has 27 heavy (non-hydrogen) atoms. The molecule has 1 aromatic carbocycles. The van der Waals surface area contributed by atoms with E-state index in [9.17, 15) is 14.4 Å². The van der Waals surface area contributed by atoms with Crippen LogP contribution in [0, 0.1) is 0 Å². The van der Waals surface area contributed by atoms with Crippen molar-refractivity contribution in [2.75, 3.05) is 11.9 Å². The molecule has 1 atom stereocenters. The standard InChI is InChI=1S/C18H15ClN2O5S/c1-9(16(23)21-17-13(15(20)22)4-5-27-17)26-18(24)11-6-10-7-12(19)2-3-14(10)25-8-11/h2-7,9H,8H2,1H3,(H2,20,22)(H,21,23). The molecule has 7 nitrogen and oxygen atoms in total. The van der Waals surface area contributed by atoms with Gasteiger partial charge in [-0.1, -0.05) is 11.6 Å². The number of rotatable bonds is 5. The van der Waals surface area contributed by atoms with Gasteiger partial charge in [-0.3, -0.25) is 9.59 Å². The van der Waals surface area contributed by atoms with E-state index in [0.29, 0.717) is 21.3 Å². The minimum atomic E-state index is -1.08. The van der Waals surface area contributed by atoms with Crippen LogP contribution in [0.15, 0.2) is 35.2 Å². The normalized spacial score (nSPS) is 13.6. The third-order valence-electron chi connectivity index (χ3n) is 3.77. The van der Waals surface area contributed by atoms with Crippen molar-refractivity contribution in [1.82, 2.24) is 0 Å². The summed E-state index contributed by atoms with van der Waals surface area (Å²) in [6.45, 7) is 1.46. The summed E-state index contributed by atoms with van der Waals surface area (Å²) in [7, 11) is 0.